The van der Waals surface area contributed by atoms with E-state index in [4.69, 9.17) is 23.2 Å². The number of thioether (sulfide) groups is 1. The molecule has 4 nitrogen and oxygen atoms in total. The maximum atomic E-state index is 13.2. The molecule has 0 saturated heterocycles. The monoisotopic (exact) mass is 480 g/mol. The molecule has 0 heterocycles. The van der Waals surface area contributed by atoms with Gasteiger partial charge in [-0.1, -0.05) is 74.3 Å². The van der Waals surface area contributed by atoms with Crippen molar-refractivity contribution in [1.29, 1.82) is 0 Å². The summed E-state index contributed by atoms with van der Waals surface area (Å²) in [6, 6.07) is 14.5. The number of carbonyl (C=O) groups excluding carboxylic acids is 2. The van der Waals surface area contributed by atoms with Crippen molar-refractivity contribution in [3.8, 4) is 0 Å². The lowest BCUT2D eigenvalue weighted by molar-refractivity contribution is -0.139. The van der Waals surface area contributed by atoms with Crippen molar-refractivity contribution in [2.45, 2.75) is 45.5 Å². The molecule has 0 aliphatic carbocycles. The van der Waals surface area contributed by atoms with Gasteiger partial charge in [-0.15, -0.1) is 11.8 Å². The van der Waals surface area contributed by atoms with Crippen molar-refractivity contribution >= 4 is 46.8 Å². The van der Waals surface area contributed by atoms with Gasteiger partial charge in [-0.3, -0.25) is 9.59 Å². The van der Waals surface area contributed by atoms with Crippen LogP contribution in [0.2, 0.25) is 10.0 Å². The first-order valence-electron chi connectivity index (χ1n) is 10.4. The van der Waals surface area contributed by atoms with Crippen molar-refractivity contribution in [2.24, 2.45) is 5.92 Å². The van der Waals surface area contributed by atoms with Crippen LogP contribution in [0.5, 0.6) is 0 Å². The second-order valence-corrected chi connectivity index (χ2v) is 9.62. The molecule has 0 aliphatic heterocycles. The number of amides is 2. The maximum Gasteiger partial charge on any atom is 0.242 e. The van der Waals surface area contributed by atoms with Crippen molar-refractivity contribution in [1.82, 2.24) is 10.2 Å². The molecule has 2 amide bonds. The van der Waals surface area contributed by atoms with E-state index < -0.39 is 6.04 Å². The summed E-state index contributed by atoms with van der Waals surface area (Å²) in [6.45, 7) is 6.96. The zero-order valence-electron chi connectivity index (χ0n) is 18.2. The first-order valence-corrected chi connectivity index (χ1v) is 12.4. The largest absolute Gasteiger partial charge is 0.354 e. The Morgan fingerprint density at radius 1 is 1.06 bits per heavy atom. The predicted octanol–water partition coefficient (Wildman–Crippen LogP) is 5.81. The molecule has 0 bridgehead atoms. The molecule has 0 fully saturated rings. The van der Waals surface area contributed by atoms with Gasteiger partial charge in [0.1, 0.15) is 6.04 Å². The van der Waals surface area contributed by atoms with Crippen LogP contribution in [0.25, 0.3) is 0 Å². The Morgan fingerprint density at radius 2 is 1.74 bits per heavy atom. The Hall–Kier alpha value is -1.69. The number of nitrogens with zero attached hydrogens (tertiary/aromatic N) is 1. The van der Waals surface area contributed by atoms with Crippen molar-refractivity contribution in [2.75, 3.05) is 12.3 Å². The van der Waals surface area contributed by atoms with E-state index >= 15 is 0 Å². The molecule has 0 aliphatic rings. The maximum absolute atomic E-state index is 13.2. The lowest BCUT2D eigenvalue weighted by Gasteiger charge is -2.31. The van der Waals surface area contributed by atoms with Crippen LogP contribution in [-0.2, 0) is 21.9 Å². The number of halogens is 2. The van der Waals surface area contributed by atoms with Gasteiger partial charge in [0.25, 0.3) is 0 Å². The molecular formula is C24H30Cl2N2O2S. The van der Waals surface area contributed by atoms with Crippen LogP contribution in [0, 0.1) is 5.92 Å². The summed E-state index contributed by atoms with van der Waals surface area (Å²) in [5.74, 6) is 1.06. The van der Waals surface area contributed by atoms with E-state index in [9.17, 15) is 9.59 Å². The molecule has 168 valence electrons. The minimum Gasteiger partial charge on any atom is -0.354 e. The fourth-order valence-electron chi connectivity index (χ4n) is 3.08. The zero-order chi connectivity index (χ0) is 22.8. The van der Waals surface area contributed by atoms with Crippen LogP contribution in [0.15, 0.2) is 48.5 Å². The highest BCUT2D eigenvalue weighted by atomic mass is 35.5. The molecule has 2 rings (SSSR count). The average molecular weight is 481 g/mol. The third-order valence-corrected chi connectivity index (χ3v) is 6.36. The molecule has 2 aromatic rings. The summed E-state index contributed by atoms with van der Waals surface area (Å²) in [5.41, 5.74) is 1.93. The summed E-state index contributed by atoms with van der Waals surface area (Å²) >= 11 is 13.7. The molecule has 1 N–H and O–H groups in total. The first-order chi connectivity index (χ1) is 14.8. The summed E-state index contributed by atoms with van der Waals surface area (Å²) in [7, 11) is 0. The highest BCUT2D eigenvalue weighted by Crippen LogP contribution is 2.22. The quantitative estimate of drug-likeness (QED) is 0.441. The molecule has 31 heavy (non-hydrogen) atoms. The summed E-state index contributed by atoms with van der Waals surface area (Å²) in [5, 5.41) is 4.31. The number of rotatable bonds is 11. The van der Waals surface area contributed by atoms with Crippen LogP contribution >= 0.6 is 35.0 Å². The van der Waals surface area contributed by atoms with Crippen LogP contribution < -0.4 is 5.32 Å². The van der Waals surface area contributed by atoms with Gasteiger partial charge in [-0.2, -0.15) is 0 Å². The van der Waals surface area contributed by atoms with E-state index in [-0.39, 0.29) is 17.6 Å². The summed E-state index contributed by atoms with van der Waals surface area (Å²) in [4.78, 5) is 27.7. The highest BCUT2D eigenvalue weighted by molar-refractivity contribution is 7.99. The van der Waals surface area contributed by atoms with Gasteiger partial charge in [0.05, 0.1) is 5.75 Å². The van der Waals surface area contributed by atoms with Gasteiger partial charge in [0, 0.05) is 28.9 Å². The average Bonchev–Trinajstić information content (AvgIpc) is 2.74. The Labute approximate surface area is 199 Å². The lowest BCUT2D eigenvalue weighted by atomic mass is 10.1. The molecule has 0 unspecified atom stereocenters. The SMILES string of the molecule is CC[C@H](C(=O)NCC(C)C)N(Cc1ccc(Cl)cc1)C(=O)CSCc1ccccc1Cl. The standard InChI is InChI=1S/C24H30Cl2N2O2S/c1-4-22(24(30)27-13-17(2)3)28(14-18-9-11-20(25)12-10-18)23(29)16-31-15-19-7-5-6-8-21(19)26/h5-12,17,22H,4,13-16H2,1-3H3,(H,27,30)/t22-/m1/s1. The van der Waals surface area contributed by atoms with Crippen LogP contribution in [-0.4, -0.2) is 35.1 Å². The van der Waals surface area contributed by atoms with Gasteiger partial charge >= 0.3 is 0 Å². The van der Waals surface area contributed by atoms with Crippen molar-refractivity contribution in [3.05, 3.63) is 69.7 Å². The minimum atomic E-state index is -0.525. The highest BCUT2D eigenvalue weighted by Gasteiger charge is 2.28. The molecule has 0 spiro atoms. The van der Waals surface area contributed by atoms with Crippen molar-refractivity contribution in [3.63, 3.8) is 0 Å². The van der Waals surface area contributed by atoms with Gasteiger partial charge in [-0.05, 0) is 41.7 Å². The number of hydrogen-bond donors (Lipinski definition) is 1. The van der Waals surface area contributed by atoms with Crippen LogP contribution in [0.3, 0.4) is 0 Å². The van der Waals surface area contributed by atoms with Gasteiger partial charge < -0.3 is 10.2 Å². The third kappa shape index (κ3) is 8.40. The fraction of sp³-hybridized carbons (Fsp3) is 0.417. The van der Waals surface area contributed by atoms with Gasteiger partial charge in [-0.25, -0.2) is 0 Å². The van der Waals surface area contributed by atoms with Crippen LogP contribution in [0.1, 0.15) is 38.3 Å². The topological polar surface area (TPSA) is 49.4 Å². The molecule has 1 atom stereocenters. The zero-order valence-corrected chi connectivity index (χ0v) is 20.6. The summed E-state index contributed by atoms with van der Waals surface area (Å²) < 4.78 is 0. The number of benzene rings is 2. The second-order valence-electron chi connectivity index (χ2n) is 7.80. The third-order valence-electron chi connectivity index (χ3n) is 4.78. The van der Waals surface area contributed by atoms with E-state index in [1.165, 1.54) is 11.8 Å². The van der Waals surface area contributed by atoms with E-state index in [1.54, 1.807) is 17.0 Å². The minimum absolute atomic E-state index is 0.0708. The molecule has 7 heteroatoms. The number of nitrogens with one attached hydrogen (secondary N) is 1. The molecule has 0 radical (unpaired) electrons. The predicted molar refractivity (Wildman–Crippen MR) is 132 cm³/mol. The van der Waals surface area contributed by atoms with Gasteiger partial charge in [0.15, 0.2) is 0 Å². The normalized spacial score (nSPS) is 11.9. The Balaban J connectivity index is 2.12. The van der Waals surface area contributed by atoms with Crippen LogP contribution in [0.4, 0.5) is 0 Å². The van der Waals surface area contributed by atoms with E-state index in [0.29, 0.717) is 41.2 Å². The van der Waals surface area contributed by atoms with E-state index in [2.05, 4.69) is 5.32 Å². The summed E-state index contributed by atoms with van der Waals surface area (Å²) in [6.07, 6.45) is 0.540. The first kappa shape index (κ1) is 25.6. The lowest BCUT2D eigenvalue weighted by Crippen LogP contribution is -2.50. The molecule has 0 saturated carbocycles. The number of carbonyl (C=O) groups is 2. The smallest absolute Gasteiger partial charge is 0.242 e. The van der Waals surface area contributed by atoms with Gasteiger partial charge in [0.2, 0.25) is 11.8 Å². The Morgan fingerprint density at radius 3 is 2.35 bits per heavy atom. The molecule has 2 aromatic carbocycles. The Kier molecular flexibility index (Phi) is 10.7. The van der Waals surface area contributed by atoms with E-state index in [1.807, 2.05) is 57.2 Å². The Bertz CT molecular complexity index is 859. The molecule has 0 aromatic heterocycles. The molecular weight excluding hydrogens is 451 g/mol. The fourth-order valence-corrected chi connectivity index (χ4v) is 4.40. The number of hydrogen-bond acceptors (Lipinski definition) is 3. The van der Waals surface area contributed by atoms with Crippen molar-refractivity contribution < 1.29 is 9.59 Å². The van der Waals surface area contributed by atoms with E-state index in [0.717, 1.165) is 11.1 Å². The second kappa shape index (κ2) is 13.0.